The number of amides is 2. The van der Waals surface area contributed by atoms with E-state index in [2.05, 4.69) is 0 Å². The van der Waals surface area contributed by atoms with Crippen molar-refractivity contribution in [3.63, 3.8) is 0 Å². The Morgan fingerprint density at radius 2 is 1.82 bits per heavy atom. The number of carbonyl (C=O) groups excluding carboxylic acids is 3. The fraction of sp³-hybridized carbons (Fsp3) is 0.286. The van der Waals surface area contributed by atoms with Gasteiger partial charge < -0.3 is 10.1 Å². The lowest BCUT2D eigenvalue weighted by Gasteiger charge is -2.14. The van der Waals surface area contributed by atoms with E-state index < -0.39 is 12.0 Å². The number of esters is 1. The largest absolute Gasteiger partial charge is 0.462 e. The molecular weight excluding hydrogens is 363 g/mol. The lowest BCUT2D eigenvalue weighted by Crippen LogP contribution is -2.92. The zero-order valence-corrected chi connectivity index (χ0v) is 15.6. The Hall–Kier alpha value is -3.06. The lowest BCUT2D eigenvalue weighted by molar-refractivity contribution is -0.674. The van der Waals surface area contributed by atoms with Crippen LogP contribution in [0.3, 0.4) is 0 Å². The third-order valence-corrected chi connectivity index (χ3v) is 4.62. The number of rotatable bonds is 7. The molecule has 2 aromatic carbocycles. The number of hydrogen-bond donors (Lipinski definition) is 1. The SMILES string of the molecule is CCOC(=O)c1ccc(N2C(=O)C[C@H]([NH2+]CCc3ccc(F)cc3)C2=O)cc1. The Morgan fingerprint density at radius 1 is 1.14 bits per heavy atom. The number of anilines is 1. The minimum atomic E-state index is -0.474. The van der Waals surface area contributed by atoms with E-state index in [9.17, 15) is 18.8 Å². The number of nitrogens with zero attached hydrogens (tertiary/aromatic N) is 1. The molecule has 1 atom stereocenters. The first-order chi connectivity index (χ1) is 13.5. The summed E-state index contributed by atoms with van der Waals surface area (Å²) < 4.78 is 17.9. The van der Waals surface area contributed by atoms with Gasteiger partial charge in [-0.1, -0.05) is 12.1 Å². The van der Waals surface area contributed by atoms with Gasteiger partial charge in [0.1, 0.15) is 5.82 Å². The van der Waals surface area contributed by atoms with Gasteiger partial charge in [-0.2, -0.15) is 0 Å². The zero-order valence-electron chi connectivity index (χ0n) is 15.6. The van der Waals surface area contributed by atoms with Crippen molar-refractivity contribution in [2.24, 2.45) is 0 Å². The summed E-state index contributed by atoms with van der Waals surface area (Å²) in [5.41, 5.74) is 1.78. The van der Waals surface area contributed by atoms with E-state index in [1.165, 1.54) is 12.1 Å². The number of carbonyl (C=O) groups is 3. The van der Waals surface area contributed by atoms with Crippen LogP contribution >= 0.6 is 0 Å². The average Bonchev–Trinajstić information content (AvgIpc) is 2.97. The molecule has 1 heterocycles. The number of imide groups is 1. The first kappa shape index (κ1) is 19.7. The molecule has 1 saturated heterocycles. The van der Waals surface area contributed by atoms with Gasteiger partial charge in [-0.25, -0.2) is 14.1 Å². The molecule has 0 unspecified atom stereocenters. The van der Waals surface area contributed by atoms with Crippen LogP contribution in [0, 0.1) is 5.82 Å². The van der Waals surface area contributed by atoms with Crippen LogP contribution in [0.25, 0.3) is 0 Å². The molecule has 0 aromatic heterocycles. The highest BCUT2D eigenvalue weighted by molar-refractivity contribution is 6.21. The van der Waals surface area contributed by atoms with Gasteiger partial charge in [-0.15, -0.1) is 0 Å². The highest BCUT2D eigenvalue weighted by atomic mass is 19.1. The molecule has 1 aliphatic rings. The Labute approximate surface area is 162 Å². The highest BCUT2D eigenvalue weighted by Crippen LogP contribution is 2.22. The van der Waals surface area contributed by atoms with Crippen molar-refractivity contribution < 1.29 is 28.8 Å². The monoisotopic (exact) mass is 385 g/mol. The molecule has 6 nitrogen and oxygen atoms in total. The van der Waals surface area contributed by atoms with E-state index in [-0.39, 0.29) is 30.7 Å². The summed E-state index contributed by atoms with van der Waals surface area (Å²) in [6.07, 6.45) is 0.800. The Morgan fingerprint density at radius 3 is 2.46 bits per heavy atom. The number of nitrogens with two attached hydrogens (primary N) is 1. The van der Waals surface area contributed by atoms with Crippen LogP contribution in [-0.4, -0.2) is 37.0 Å². The second-order valence-electron chi connectivity index (χ2n) is 6.55. The number of hydrogen-bond acceptors (Lipinski definition) is 4. The molecule has 2 N–H and O–H groups in total. The third-order valence-electron chi connectivity index (χ3n) is 4.62. The smallest absolute Gasteiger partial charge is 0.338 e. The minimum absolute atomic E-state index is 0.127. The quantitative estimate of drug-likeness (QED) is 0.578. The summed E-state index contributed by atoms with van der Waals surface area (Å²) in [6, 6.07) is 12.0. The summed E-state index contributed by atoms with van der Waals surface area (Å²) in [4.78, 5) is 37.9. The zero-order chi connectivity index (χ0) is 20.1. The van der Waals surface area contributed by atoms with Crippen molar-refractivity contribution in [3.8, 4) is 0 Å². The Kier molecular flexibility index (Phi) is 6.16. The molecule has 0 bridgehead atoms. The fourth-order valence-corrected chi connectivity index (χ4v) is 3.17. The maximum Gasteiger partial charge on any atom is 0.338 e. The summed E-state index contributed by atoms with van der Waals surface area (Å²) in [5, 5.41) is 1.84. The molecule has 0 saturated carbocycles. The molecule has 7 heteroatoms. The van der Waals surface area contributed by atoms with Gasteiger partial charge in [0.05, 0.1) is 30.8 Å². The molecule has 0 spiro atoms. The van der Waals surface area contributed by atoms with Crippen LogP contribution < -0.4 is 10.2 Å². The van der Waals surface area contributed by atoms with Crippen molar-refractivity contribution in [1.82, 2.24) is 0 Å². The van der Waals surface area contributed by atoms with Gasteiger partial charge in [0.25, 0.3) is 5.91 Å². The standard InChI is InChI=1S/C21H21FN2O4/c1-2-28-21(27)15-5-9-17(10-6-15)24-19(25)13-18(20(24)26)23-12-11-14-3-7-16(22)8-4-14/h3-10,18,23H,2,11-13H2,1H3/p+1/t18-/m0/s1. The molecular formula is C21H22FN2O4+. The minimum Gasteiger partial charge on any atom is -0.462 e. The van der Waals surface area contributed by atoms with E-state index in [0.717, 1.165) is 10.5 Å². The summed E-state index contributed by atoms with van der Waals surface area (Å²) in [6.45, 7) is 2.62. The maximum absolute atomic E-state index is 12.9. The molecule has 146 valence electrons. The Bertz CT molecular complexity index is 865. The third kappa shape index (κ3) is 4.43. The maximum atomic E-state index is 12.9. The Balaban J connectivity index is 1.59. The lowest BCUT2D eigenvalue weighted by atomic mass is 10.1. The summed E-state index contributed by atoms with van der Waals surface area (Å²) in [7, 11) is 0. The van der Waals surface area contributed by atoms with Crippen LogP contribution in [0.4, 0.5) is 10.1 Å². The van der Waals surface area contributed by atoms with Gasteiger partial charge in [0.2, 0.25) is 5.91 Å². The first-order valence-corrected chi connectivity index (χ1v) is 9.21. The summed E-state index contributed by atoms with van der Waals surface area (Å²) in [5.74, 6) is -1.26. The van der Waals surface area contributed by atoms with Crippen molar-refractivity contribution in [2.75, 3.05) is 18.1 Å². The topological polar surface area (TPSA) is 80.3 Å². The second kappa shape index (κ2) is 8.75. The molecule has 1 fully saturated rings. The first-order valence-electron chi connectivity index (χ1n) is 9.21. The van der Waals surface area contributed by atoms with Crippen molar-refractivity contribution >= 4 is 23.5 Å². The van der Waals surface area contributed by atoms with Crippen molar-refractivity contribution in [3.05, 3.63) is 65.5 Å². The van der Waals surface area contributed by atoms with Crippen molar-refractivity contribution in [1.29, 1.82) is 0 Å². The van der Waals surface area contributed by atoms with E-state index >= 15 is 0 Å². The second-order valence-corrected chi connectivity index (χ2v) is 6.55. The fourth-order valence-electron chi connectivity index (χ4n) is 3.17. The number of ether oxygens (including phenoxy) is 1. The van der Waals surface area contributed by atoms with Crippen LogP contribution in [-0.2, 0) is 20.7 Å². The number of benzene rings is 2. The normalized spacial score (nSPS) is 16.5. The van der Waals surface area contributed by atoms with Crippen molar-refractivity contribution in [2.45, 2.75) is 25.8 Å². The van der Waals surface area contributed by atoms with Gasteiger partial charge in [-0.05, 0) is 48.9 Å². The van der Waals surface area contributed by atoms with E-state index in [1.54, 1.807) is 43.3 Å². The van der Waals surface area contributed by atoms with Gasteiger partial charge in [-0.3, -0.25) is 9.59 Å². The molecule has 0 aliphatic carbocycles. The van der Waals surface area contributed by atoms with Crippen LogP contribution in [0.5, 0.6) is 0 Å². The van der Waals surface area contributed by atoms with Crippen LogP contribution in [0.2, 0.25) is 0 Å². The van der Waals surface area contributed by atoms with Gasteiger partial charge >= 0.3 is 5.97 Å². The van der Waals surface area contributed by atoms with Crippen LogP contribution in [0.1, 0.15) is 29.3 Å². The average molecular weight is 385 g/mol. The number of halogens is 1. The number of quaternary nitrogens is 1. The van der Waals surface area contributed by atoms with E-state index in [1.807, 2.05) is 5.32 Å². The molecule has 1 aliphatic heterocycles. The molecule has 28 heavy (non-hydrogen) atoms. The van der Waals surface area contributed by atoms with Gasteiger partial charge in [0, 0.05) is 6.42 Å². The van der Waals surface area contributed by atoms with Crippen LogP contribution in [0.15, 0.2) is 48.5 Å². The molecule has 3 rings (SSSR count). The highest BCUT2D eigenvalue weighted by Gasteiger charge is 2.42. The molecule has 2 aromatic rings. The van der Waals surface area contributed by atoms with E-state index in [0.29, 0.717) is 24.2 Å². The predicted octanol–water partition coefficient (Wildman–Crippen LogP) is 1.44. The summed E-state index contributed by atoms with van der Waals surface area (Å²) >= 11 is 0. The van der Waals surface area contributed by atoms with E-state index in [4.69, 9.17) is 4.74 Å². The van der Waals surface area contributed by atoms with Gasteiger partial charge in [0.15, 0.2) is 6.04 Å². The molecule has 0 radical (unpaired) electrons. The molecule has 2 amide bonds. The predicted molar refractivity (Wildman–Crippen MR) is 100 cm³/mol.